The zero-order chi connectivity index (χ0) is 18.2. The Labute approximate surface area is 143 Å². The van der Waals surface area contributed by atoms with Gasteiger partial charge in [-0.25, -0.2) is 9.59 Å². The van der Waals surface area contributed by atoms with Crippen LogP contribution in [0.3, 0.4) is 0 Å². The highest BCUT2D eigenvalue weighted by Crippen LogP contribution is 2.43. The molecular weight excluding hydrogens is 337 g/mol. The molecule has 136 valence electrons. The van der Waals surface area contributed by atoms with Crippen molar-refractivity contribution in [3.8, 4) is 0 Å². The van der Waals surface area contributed by atoms with Crippen molar-refractivity contribution in [1.29, 1.82) is 0 Å². The van der Waals surface area contributed by atoms with Crippen molar-refractivity contribution in [2.75, 3.05) is 11.9 Å². The van der Waals surface area contributed by atoms with Crippen LogP contribution in [-0.4, -0.2) is 35.6 Å². The molecule has 3 atom stereocenters. The van der Waals surface area contributed by atoms with Crippen LogP contribution in [0.25, 0.3) is 0 Å². The van der Waals surface area contributed by atoms with Crippen LogP contribution >= 0.6 is 0 Å². The van der Waals surface area contributed by atoms with Gasteiger partial charge in [0.25, 0.3) is 0 Å². The summed E-state index contributed by atoms with van der Waals surface area (Å²) in [7, 11) is 0. The van der Waals surface area contributed by atoms with E-state index in [4.69, 9.17) is 4.74 Å². The largest absolute Gasteiger partial charge is 0.464 e. The highest BCUT2D eigenvalue weighted by atomic mass is 19.4. The summed E-state index contributed by atoms with van der Waals surface area (Å²) in [6.07, 6.45) is -2.13. The summed E-state index contributed by atoms with van der Waals surface area (Å²) in [4.78, 5) is 26.2. The Bertz CT molecular complexity index is 677. The number of nitrogens with zero attached hydrogens (tertiary/aromatic N) is 1. The summed E-state index contributed by atoms with van der Waals surface area (Å²) in [6.45, 7) is 1.91. The molecule has 2 amide bonds. The zero-order valence-electron chi connectivity index (χ0n) is 13.7. The molecule has 3 unspecified atom stereocenters. The van der Waals surface area contributed by atoms with Gasteiger partial charge in [-0.3, -0.25) is 0 Å². The number of carbonyl (C=O) groups is 2. The molecule has 3 rings (SSSR count). The Kier molecular flexibility index (Phi) is 4.62. The summed E-state index contributed by atoms with van der Waals surface area (Å²) in [5, 5.41) is 2.49. The predicted octanol–water partition coefficient (Wildman–Crippen LogP) is 3.65. The summed E-state index contributed by atoms with van der Waals surface area (Å²) in [6, 6.07) is 3.14. The first kappa shape index (κ1) is 17.6. The van der Waals surface area contributed by atoms with Crippen molar-refractivity contribution >= 4 is 17.7 Å². The standard InChI is InChI=1S/C17H19F3N2O3/c1-2-25-15(23)14-10-6-7-13(8-10)22(14)16(24)21-12-5-3-4-11(9-12)17(18,19)20/h3-5,9-10,13-14H,2,6-8H2,1H3,(H,21,24). The van der Waals surface area contributed by atoms with E-state index in [-0.39, 0.29) is 24.3 Å². The van der Waals surface area contributed by atoms with Gasteiger partial charge in [-0.05, 0) is 50.3 Å². The maximum Gasteiger partial charge on any atom is 0.416 e. The minimum atomic E-state index is -4.49. The Hall–Kier alpha value is -2.25. The molecule has 1 aliphatic carbocycles. The minimum absolute atomic E-state index is 0.0465. The van der Waals surface area contributed by atoms with Crippen LogP contribution in [-0.2, 0) is 15.7 Å². The summed E-state index contributed by atoms with van der Waals surface area (Å²) in [5.41, 5.74) is -0.791. The number of fused-ring (bicyclic) bond motifs is 2. The number of amides is 2. The van der Waals surface area contributed by atoms with Crippen LogP contribution < -0.4 is 5.32 Å². The van der Waals surface area contributed by atoms with Gasteiger partial charge >= 0.3 is 18.2 Å². The number of carbonyl (C=O) groups excluding carboxylic acids is 2. The highest BCUT2D eigenvalue weighted by Gasteiger charge is 2.52. The molecule has 0 radical (unpaired) electrons. The quantitative estimate of drug-likeness (QED) is 0.841. The molecule has 0 aromatic heterocycles. The number of piperidine rings is 1. The predicted molar refractivity (Wildman–Crippen MR) is 83.9 cm³/mol. The molecule has 5 nitrogen and oxygen atoms in total. The van der Waals surface area contributed by atoms with Crippen LogP contribution in [0, 0.1) is 5.92 Å². The summed E-state index contributed by atoms with van der Waals surface area (Å²) < 4.78 is 43.5. The molecule has 2 fully saturated rings. The SMILES string of the molecule is CCOC(=O)C1C2CCC(C2)N1C(=O)Nc1cccc(C(F)(F)F)c1. The summed E-state index contributed by atoms with van der Waals surface area (Å²) in [5.74, 6) is -0.398. The van der Waals surface area contributed by atoms with Gasteiger partial charge in [-0.15, -0.1) is 0 Å². The van der Waals surface area contributed by atoms with Gasteiger partial charge in [0.2, 0.25) is 0 Å². The molecule has 1 saturated carbocycles. The maximum absolute atomic E-state index is 12.8. The van der Waals surface area contributed by atoms with Crippen LogP contribution in [0.5, 0.6) is 0 Å². The lowest BCUT2D eigenvalue weighted by Crippen LogP contribution is -2.51. The fraction of sp³-hybridized carbons (Fsp3) is 0.529. The monoisotopic (exact) mass is 356 g/mol. The second-order valence-electron chi connectivity index (χ2n) is 6.34. The minimum Gasteiger partial charge on any atom is -0.464 e. The van der Waals surface area contributed by atoms with Gasteiger partial charge in [-0.1, -0.05) is 6.07 Å². The van der Waals surface area contributed by atoms with Crippen LogP contribution in [0.15, 0.2) is 24.3 Å². The van der Waals surface area contributed by atoms with E-state index in [1.54, 1.807) is 6.92 Å². The Morgan fingerprint density at radius 2 is 2.08 bits per heavy atom. The molecule has 1 saturated heterocycles. The number of rotatable bonds is 3. The third-order valence-corrected chi connectivity index (χ3v) is 4.79. The Balaban J connectivity index is 1.77. The van der Waals surface area contributed by atoms with E-state index in [0.717, 1.165) is 31.4 Å². The van der Waals surface area contributed by atoms with Gasteiger partial charge in [-0.2, -0.15) is 13.2 Å². The van der Waals surface area contributed by atoms with Crippen molar-refractivity contribution in [3.63, 3.8) is 0 Å². The molecule has 25 heavy (non-hydrogen) atoms. The lowest BCUT2D eigenvalue weighted by molar-refractivity contribution is -0.149. The first-order valence-electron chi connectivity index (χ1n) is 8.24. The number of urea groups is 1. The smallest absolute Gasteiger partial charge is 0.416 e. The van der Waals surface area contributed by atoms with Gasteiger partial charge in [0.05, 0.1) is 12.2 Å². The third kappa shape index (κ3) is 3.43. The number of nitrogens with one attached hydrogen (secondary N) is 1. The number of halogens is 3. The first-order chi connectivity index (χ1) is 11.8. The molecule has 1 aromatic carbocycles. The molecule has 1 N–H and O–H groups in total. The number of alkyl halides is 3. The zero-order valence-corrected chi connectivity index (χ0v) is 13.7. The number of hydrogen-bond acceptors (Lipinski definition) is 3. The average Bonchev–Trinajstić information content (AvgIpc) is 3.15. The van der Waals surface area contributed by atoms with Gasteiger partial charge < -0.3 is 15.0 Å². The fourth-order valence-corrected chi connectivity index (χ4v) is 3.77. The number of esters is 1. The second kappa shape index (κ2) is 6.57. The van der Waals surface area contributed by atoms with Crippen LogP contribution in [0.1, 0.15) is 31.7 Å². The molecule has 1 heterocycles. The first-order valence-corrected chi connectivity index (χ1v) is 8.24. The van der Waals surface area contributed by atoms with Gasteiger partial charge in [0.1, 0.15) is 6.04 Å². The maximum atomic E-state index is 12.8. The average molecular weight is 356 g/mol. The van der Waals surface area contributed by atoms with Gasteiger partial charge in [0, 0.05) is 11.7 Å². The van der Waals surface area contributed by atoms with E-state index in [9.17, 15) is 22.8 Å². The molecule has 2 bridgehead atoms. The number of likely N-dealkylation sites (tertiary alicyclic amines) is 1. The molecule has 0 spiro atoms. The molecular formula is C17H19F3N2O3. The molecule has 2 aliphatic rings. The highest BCUT2D eigenvalue weighted by molar-refractivity contribution is 5.93. The van der Waals surface area contributed by atoms with E-state index < -0.39 is 29.8 Å². The molecule has 8 heteroatoms. The lowest BCUT2D eigenvalue weighted by atomic mass is 9.99. The van der Waals surface area contributed by atoms with Gasteiger partial charge in [0.15, 0.2) is 0 Å². The van der Waals surface area contributed by atoms with Crippen LogP contribution in [0.4, 0.5) is 23.7 Å². The van der Waals surface area contributed by atoms with Crippen molar-refractivity contribution in [1.82, 2.24) is 4.90 Å². The van der Waals surface area contributed by atoms with Crippen molar-refractivity contribution < 1.29 is 27.5 Å². The van der Waals surface area contributed by atoms with E-state index in [1.165, 1.54) is 17.0 Å². The molecule has 1 aromatic rings. The number of hydrogen-bond donors (Lipinski definition) is 1. The Morgan fingerprint density at radius 3 is 2.76 bits per heavy atom. The van der Waals surface area contributed by atoms with E-state index in [0.29, 0.717) is 0 Å². The number of benzene rings is 1. The van der Waals surface area contributed by atoms with Crippen LogP contribution in [0.2, 0.25) is 0 Å². The number of anilines is 1. The van der Waals surface area contributed by atoms with Crippen molar-refractivity contribution in [3.05, 3.63) is 29.8 Å². The second-order valence-corrected chi connectivity index (χ2v) is 6.34. The van der Waals surface area contributed by atoms with E-state index in [2.05, 4.69) is 5.32 Å². The van der Waals surface area contributed by atoms with E-state index >= 15 is 0 Å². The topological polar surface area (TPSA) is 58.6 Å². The van der Waals surface area contributed by atoms with E-state index in [1.807, 2.05) is 0 Å². The van der Waals surface area contributed by atoms with Crippen molar-refractivity contribution in [2.24, 2.45) is 5.92 Å². The molecule has 1 aliphatic heterocycles. The van der Waals surface area contributed by atoms with Crippen molar-refractivity contribution in [2.45, 2.75) is 44.4 Å². The fourth-order valence-electron chi connectivity index (χ4n) is 3.77. The lowest BCUT2D eigenvalue weighted by Gasteiger charge is -2.33. The number of ether oxygens (including phenoxy) is 1. The Morgan fingerprint density at radius 1 is 1.32 bits per heavy atom. The third-order valence-electron chi connectivity index (χ3n) is 4.79. The summed E-state index contributed by atoms with van der Waals surface area (Å²) >= 11 is 0. The normalized spacial score (nSPS) is 25.1.